The van der Waals surface area contributed by atoms with Gasteiger partial charge in [-0.25, -0.2) is 4.98 Å². The summed E-state index contributed by atoms with van der Waals surface area (Å²) in [6, 6.07) is 3.94. The molecule has 0 atom stereocenters. The zero-order valence-electron chi connectivity index (χ0n) is 14.9. The Hall–Kier alpha value is -2.06. The molecule has 1 heterocycles. The summed E-state index contributed by atoms with van der Waals surface area (Å²) in [5, 5.41) is 14.5. The predicted molar refractivity (Wildman–Crippen MR) is 104 cm³/mol. The van der Waals surface area contributed by atoms with Crippen molar-refractivity contribution in [2.24, 2.45) is 0 Å². The van der Waals surface area contributed by atoms with Crippen LogP contribution in [0.2, 0.25) is 5.02 Å². The first-order chi connectivity index (χ1) is 12.3. The molecule has 0 spiro atoms. The Morgan fingerprint density at radius 1 is 1.42 bits per heavy atom. The maximum Gasteiger partial charge on any atom is 0.271 e. The summed E-state index contributed by atoms with van der Waals surface area (Å²) in [6.45, 7) is 6.96. The minimum Gasteiger partial charge on any atom is -0.324 e. The van der Waals surface area contributed by atoms with Gasteiger partial charge < -0.3 is 9.88 Å². The number of nitrogens with one attached hydrogen (secondary N) is 1. The van der Waals surface area contributed by atoms with Crippen LogP contribution >= 0.6 is 23.4 Å². The topological polar surface area (TPSA) is 90.1 Å². The molecule has 26 heavy (non-hydrogen) atoms. The van der Waals surface area contributed by atoms with E-state index in [4.69, 9.17) is 11.6 Å². The molecule has 2 aromatic rings. The fourth-order valence-electron chi connectivity index (χ4n) is 2.35. The first kappa shape index (κ1) is 20.3. The van der Waals surface area contributed by atoms with Crippen molar-refractivity contribution in [3.8, 4) is 0 Å². The lowest BCUT2D eigenvalue weighted by Crippen LogP contribution is -2.15. The maximum absolute atomic E-state index is 12.2. The van der Waals surface area contributed by atoms with E-state index >= 15 is 0 Å². The molecule has 0 aliphatic heterocycles. The van der Waals surface area contributed by atoms with Crippen molar-refractivity contribution < 1.29 is 9.72 Å². The summed E-state index contributed by atoms with van der Waals surface area (Å²) in [5.74, 6) is -0.154. The van der Waals surface area contributed by atoms with Gasteiger partial charge in [0.05, 0.1) is 27.1 Å². The highest BCUT2D eigenvalue weighted by Crippen LogP contribution is 2.27. The van der Waals surface area contributed by atoms with Crippen molar-refractivity contribution in [2.45, 2.75) is 45.3 Å². The molecule has 0 aliphatic carbocycles. The molecule has 0 radical (unpaired) electrons. The van der Waals surface area contributed by atoms with Gasteiger partial charge in [0, 0.05) is 24.4 Å². The van der Waals surface area contributed by atoms with E-state index in [-0.39, 0.29) is 28.1 Å². The van der Waals surface area contributed by atoms with E-state index < -0.39 is 4.92 Å². The van der Waals surface area contributed by atoms with Gasteiger partial charge in [-0.2, -0.15) is 0 Å². The average Bonchev–Trinajstić information content (AvgIpc) is 2.87. The molecule has 7 nitrogen and oxygen atoms in total. The molecule has 2 rings (SSSR count). The number of halogens is 1. The summed E-state index contributed by atoms with van der Waals surface area (Å²) in [4.78, 5) is 27.1. The Morgan fingerprint density at radius 2 is 2.15 bits per heavy atom. The third kappa shape index (κ3) is 4.98. The largest absolute Gasteiger partial charge is 0.324 e. The van der Waals surface area contributed by atoms with Crippen molar-refractivity contribution in [3.63, 3.8) is 0 Å². The van der Waals surface area contributed by atoms with Gasteiger partial charge in [0.2, 0.25) is 5.91 Å². The summed E-state index contributed by atoms with van der Waals surface area (Å²) in [7, 11) is 0. The third-order valence-corrected chi connectivity index (χ3v) is 5.23. The van der Waals surface area contributed by atoms with Gasteiger partial charge >= 0.3 is 0 Å². The van der Waals surface area contributed by atoms with E-state index in [1.54, 1.807) is 0 Å². The third-order valence-electron chi connectivity index (χ3n) is 3.93. The number of carbonyl (C=O) groups is 1. The van der Waals surface area contributed by atoms with Crippen molar-refractivity contribution in [1.29, 1.82) is 0 Å². The van der Waals surface area contributed by atoms with Gasteiger partial charge in [0.25, 0.3) is 5.69 Å². The number of unbranched alkanes of at least 4 members (excludes halogenated alkanes) is 1. The number of imidazole rings is 1. The molecule has 0 fully saturated rings. The van der Waals surface area contributed by atoms with Crippen LogP contribution in [0.1, 0.15) is 31.2 Å². The van der Waals surface area contributed by atoms with Gasteiger partial charge in [-0.05, 0) is 26.3 Å². The van der Waals surface area contributed by atoms with Crippen LogP contribution < -0.4 is 5.32 Å². The molecule has 0 saturated heterocycles. The summed E-state index contributed by atoms with van der Waals surface area (Å²) in [6.07, 6.45) is 2.12. The Morgan fingerprint density at radius 3 is 2.81 bits per heavy atom. The van der Waals surface area contributed by atoms with E-state index in [9.17, 15) is 14.9 Å². The number of anilines is 1. The number of thioether (sulfide) groups is 1. The number of aromatic nitrogens is 2. The smallest absolute Gasteiger partial charge is 0.271 e. The quantitative estimate of drug-likeness (QED) is 0.400. The summed E-state index contributed by atoms with van der Waals surface area (Å²) in [5.41, 5.74) is 2.15. The SMILES string of the molecule is CCCCn1c(SCC(=O)Nc2cc([N+](=O)[O-])ccc2Cl)nc(C)c1C. The zero-order chi connectivity index (χ0) is 19.3. The Labute approximate surface area is 161 Å². The second-order valence-electron chi connectivity index (χ2n) is 5.83. The predicted octanol–water partition coefficient (Wildman–Crippen LogP) is 4.59. The maximum atomic E-state index is 12.2. The number of carbonyl (C=O) groups excluding carboxylic acids is 1. The molecule has 0 aliphatic rings. The molecular weight excluding hydrogens is 376 g/mol. The second kappa shape index (κ2) is 9.05. The highest BCUT2D eigenvalue weighted by Gasteiger charge is 2.15. The Bertz CT molecular complexity index is 823. The van der Waals surface area contributed by atoms with Crippen LogP contribution in [0.25, 0.3) is 0 Å². The molecule has 1 N–H and O–H groups in total. The number of hydrogen-bond acceptors (Lipinski definition) is 5. The number of non-ortho nitro benzene ring substituents is 1. The lowest BCUT2D eigenvalue weighted by Gasteiger charge is -2.10. The van der Waals surface area contributed by atoms with E-state index in [1.165, 1.54) is 30.0 Å². The van der Waals surface area contributed by atoms with E-state index in [0.29, 0.717) is 0 Å². The number of hydrogen-bond donors (Lipinski definition) is 1. The first-order valence-electron chi connectivity index (χ1n) is 8.23. The molecular formula is C17H21ClN4O3S. The highest BCUT2D eigenvalue weighted by atomic mass is 35.5. The number of rotatable bonds is 8. The van der Waals surface area contributed by atoms with Crippen molar-refractivity contribution in [1.82, 2.24) is 9.55 Å². The fourth-order valence-corrected chi connectivity index (χ4v) is 3.43. The number of nitro benzene ring substituents is 1. The van der Waals surface area contributed by atoms with Gasteiger partial charge in [0.15, 0.2) is 5.16 Å². The normalized spacial score (nSPS) is 10.8. The van der Waals surface area contributed by atoms with Crippen LogP contribution in [-0.4, -0.2) is 26.1 Å². The lowest BCUT2D eigenvalue weighted by atomic mass is 10.3. The van der Waals surface area contributed by atoms with Crippen molar-refractivity contribution in [3.05, 3.63) is 44.7 Å². The minimum atomic E-state index is -0.531. The molecule has 1 aromatic carbocycles. The molecule has 140 valence electrons. The van der Waals surface area contributed by atoms with Gasteiger partial charge in [-0.1, -0.05) is 36.7 Å². The Kier molecular flexibility index (Phi) is 7.05. The zero-order valence-corrected chi connectivity index (χ0v) is 16.5. The Balaban J connectivity index is 2.05. The first-order valence-corrected chi connectivity index (χ1v) is 9.60. The lowest BCUT2D eigenvalue weighted by molar-refractivity contribution is -0.384. The number of aryl methyl sites for hydroxylation is 1. The molecule has 0 unspecified atom stereocenters. The molecule has 0 saturated carbocycles. The average molecular weight is 397 g/mol. The molecule has 1 amide bonds. The van der Waals surface area contributed by atoms with Crippen LogP contribution in [0, 0.1) is 24.0 Å². The van der Waals surface area contributed by atoms with Crippen LogP contribution in [0.5, 0.6) is 0 Å². The summed E-state index contributed by atoms with van der Waals surface area (Å²) < 4.78 is 2.12. The van der Waals surface area contributed by atoms with Crippen LogP contribution in [0.15, 0.2) is 23.4 Å². The molecule has 0 bridgehead atoms. The van der Waals surface area contributed by atoms with Gasteiger partial charge in [-0.15, -0.1) is 0 Å². The van der Waals surface area contributed by atoms with E-state index in [2.05, 4.69) is 21.8 Å². The van der Waals surface area contributed by atoms with Gasteiger partial charge in [-0.3, -0.25) is 14.9 Å². The highest BCUT2D eigenvalue weighted by molar-refractivity contribution is 7.99. The van der Waals surface area contributed by atoms with Crippen LogP contribution in [0.4, 0.5) is 11.4 Å². The molecule has 1 aromatic heterocycles. The number of benzene rings is 1. The van der Waals surface area contributed by atoms with E-state index in [0.717, 1.165) is 35.9 Å². The number of amides is 1. The monoisotopic (exact) mass is 396 g/mol. The fraction of sp³-hybridized carbons (Fsp3) is 0.412. The van der Waals surface area contributed by atoms with Gasteiger partial charge in [0.1, 0.15) is 0 Å². The van der Waals surface area contributed by atoms with Crippen LogP contribution in [-0.2, 0) is 11.3 Å². The minimum absolute atomic E-state index is 0.126. The second-order valence-corrected chi connectivity index (χ2v) is 7.18. The number of nitrogens with zero attached hydrogens (tertiary/aromatic N) is 3. The van der Waals surface area contributed by atoms with E-state index in [1.807, 2.05) is 13.8 Å². The van der Waals surface area contributed by atoms with Crippen molar-refractivity contribution in [2.75, 3.05) is 11.1 Å². The van der Waals surface area contributed by atoms with Crippen LogP contribution in [0.3, 0.4) is 0 Å². The molecule has 9 heteroatoms. The van der Waals surface area contributed by atoms with Crippen molar-refractivity contribution >= 4 is 40.6 Å². The number of nitro groups is 1. The summed E-state index contributed by atoms with van der Waals surface area (Å²) >= 11 is 7.35. The standard InChI is InChI=1S/C17H21ClN4O3S/c1-4-5-8-21-12(3)11(2)19-17(21)26-10-16(23)20-15-9-13(22(24)25)6-7-14(15)18/h6-7,9H,4-5,8,10H2,1-3H3,(H,20,23).